The minimum atomic E-state index is -0.958. The minimum Gasteiger partial charge on any atom is -0.482 e. The number of hydrogen-bond acceptors (Lipinski definition) is 7. The molecule has 45 heavy (non-hydrogen) atoms. The van der Waals surface area contributed by atoms with Crippen molar-refractivity contribution in [3.63, 3.8) is 0 Å². The Morgan fingerprint density at radius 3 is 2.22 bits per heavy atom. The number of ether oxygens (including phenoxy) is 3. The molecule has 0 aliphatic carbocycles. The third kappa shape index (κ3) is 8.68. The highest BCUT2D eigenvalue weighted by molar-refractivity contribution is 6.36. The number of anilines is 1. The van der Waals surface area contributed by atoms with Gasteiger partial charge in [-0.2, -0.15) is 10.00 Å². The van der Waals surface area contributed by atoms with Gasteiger partial charge in [0.15, 0.2) is 11.6 Å². The molecule has 1 atom stereocenters. The van der Waals surface area contributed by atoms with Gasteiger partial charge in [0.25, 0.3) is 0 Å². The number of nitrogens with two attached hydrogens (primary N) is 1. The van der Waals surface area contributed by atoms with E-state index < -0.39 is 29.5 Å². The molecule has 0 saturated carbocycles. The van der Waals surface area contributed by atoms with E-state index in [1.807, 2.05) is 23.9 Å². The molecule has 2 aromatic heterocycles. The normalized spacial score (nSPS) is 15.0. The number of rotatable bonds is 7. The number of amides is 2. The van der Waals surface area contributed by atoms with Crippen molar-refractivity contribution >= 4 is 41.2 Å². The molecule has 1 aliphatic rings. The molecular formula is C33H44Cl2N5O5+. The monoisotopic (exact) mass is 660 g/mol. The van der Waals surface area contributed by atoms with Gasteiger partial charge < -0.3 is 19.5 Å². The van der Waals surface area contributed by atoms with Crippen LogP contribution < -0.4 is 15.0 Å². The molecule has 2 N–H and O–H groups in total. The van der Waals surface area contributed by atoms with Gasteiger partial charge in [-0.3, -0.25) is 4.68 Å². The summed E-state index contributed by atoms with van der Waals surface area (Å²) >= 11 is 13.4. The molecule has 1 aromatic carbocycles. The predicted octanol–water partition coefficient (Wildman–Crippen LogP) is 7.53. The van der Waals surface area contributed by atoms with Crippen molar-refractivity contribution in [2.45, 2.75) is 98.0 Å². The highest BCUT2D eigenvalue weighted by Crippen LogP contribution is 2.40. The van der Waals surface area contributed by atoms with Gasteiger partial charge in [-0.25, -0.2) is 14.6 Å². The molecule has 244 valence electrons. The maximum atomic E-state index is 13.6. The van der Waals surface area contributed by atoms with Crippen LogP contribution in [0.1, 0.15) is 91.5 Å². The number of nitrogens with zero attached hydrogens (tertiary/aromatic N) is 4. The summed E-state index contributed by atoms with van der Waals surface area (Å²) in [5.41, 5.74) is 1.18. The lowest BCUT2D eigenvalue weighted by atomic mass is 10.0. The van der Waals surface area contributed by atoms with Crippen LogP contribution in [0.25, 0.3) is 11.1 Å². The Morgan fingerprint density at radius 1 is 1.02 bits per heavy atom. The minimum absolute atomic E-state index is 0.0943. The molecule has 12 heteroatoms. The number of pyridine rings is 1. The maximum Gasteiger partial charge on any atom is 0.425 e. The second kappa shape index (κ2) is 14.0. The molecule has 0 spiro atoms. The molecule has 1 saturated heterocycles. The van der Waals surface area contributed by atoms with Gasteiger partial charge in [0.1, 0.15) is 17.3 Å². The first-order valence-corrected chi connectivity index (χ1v) is 16.1. The molecule has 1 unspecified atom stereocenters. The fourth-order valence-corrected chi connectivity index (χ4v) is 5.89. The lowest BCUT2D eigenvalue weighted by molar-refractivity contribution is -0.664. The summed E-state index contributed by atoms with van der Waals surface area (Å²) in [6.07, 6.45) is 5.49. The zero-order valence-corrected chi connectivity index (χ0v) is 28.8. The Balaban J connectivity index is 1.83. The molecule has 1 aliphatic heterocycles. The molecule has 2 amide bonds. The Morgan fingerprint density at radius 2 is 1.64 bits per heavy atom. The van der Waals surface area contributed by atoms with Crippen molar-refractivity contribution in [2.75, 3.05) is 18.0 Å². The van der Waals surface area contributed by atoms with Crippen molar-refractivity contribution in [3.8, 4) is 16.9 Å². The number of benzene rings is 1. The molecule has 10 nitrogen and oxygen atoms in total. The van der Waals surface area contributed by atoms with Gasteiger partial charge in [0, 0.05) is 46.9 Å². The van der Waals surface area contributed by atoms with Gasteiger partial charge in [0.2, 0.25) is 0 Å². The summed E-state index contributed by atoms with van der Waals surface area (Å²) in [5, 5.41) is 7.86. The summed E-state index contributed by atoms with van der Waals surface area (Å²) < 4.78 is 19.7. The van der Waals surface area contributed by atoms with Crippen molar-refractivity contribution in [2.24, 2.45) is 0 Å². The Hall–Kier alpha value is -3.34. The molecule has 0 radical (unpaired) electrons. The number of halogens is 2. The van der Waals surface area contributed by atoms with E-state index in [0.717, 1.165) is 42.0 Å². The zero-order valence-electron chi connectivity index (χ0n) is 27.3. The van der Waals surface area contributed by atoms with Crippen molar-refractivity contribution in [3.05, 3.63) is 58.0 Å². The number of quaternary nitrogens is 1. The number of hydrogen-bond donors (Lipinski definition) is 1. The number of piperidine rings is 1. The van der Waals surface area contributed by atoms with Crippen LogP contribution in [0, 0.1) is 0 Å². The van der Waals surface area contributed by atoms with Crippen molar-refractivity contribution in [1.29, 1.82) is 0 Å². The van der Waals surface area contributed by atoms with Crippen LogP contribution in [0.3, 0.4) is 0 Å². The average molecular weight is 662 g/mol. The molecule has 0 bridgehead atoms. The lowest BCUT2D eigenvalue weighted by Gasteiger charge is -2.29. The van der Waals surface area contributed by atoms with Crippen LogP contribution in [-0.4, -0.2) is 51.2 Å². The maximum absolute atomic E-state index is 13.6. The summed E-state index contributed by atoms with van der Waals surface area (Å²) in [5.74, 6) is 0.0361. The van der Waals surface area contributed by atoms with E-state index in [0.29, 0.717) is 33.6 Å². The first-order valence-electron chi connectivity index (χ1n) is 15.3. The SMILES string of the molecule is CCc1ccc(Cl)c(C(C)Oc2cc(-c3cnn(C4CC[NH2+]CC4)c3)cnc2N(C(=O)OC(C)(C)C)C(=O)OC(C)(C)C)c1Cl. The van der Waals surface area contributed by atoms with Gasteiger partial charge in [0.05, 0.1) is 30.4 Å². The van der Waals surface area contributed by atoms with Gasteiger partial charge in [-0.05, 0) is 72.6 Å². The Bertz CT molecular complexity index is 1490. The fraction of sp³-hybridized carbons (Fsp3) is 0.515. The zero-order chi connectivity index (χ0) is 33.1. The van der Waals surface area contributed by atoms with E-state index in [1.165, 1.54) is 0 Å². The highest BCUT2D eigenvalue weighted by Gasteiger charge is 2.36. The van der Waals surface area contributed by atoms with E-state index in [2.05, 4.69) is 15.4 Å². The second-order valence-electron chi connectivity index (χ2n) is 13.2. The van der Waals surface area contributed by atoms with Crippen LogP contribution >= 0.6 is 23.2 Å². The summed E-state index contributed by atoms with van der Waals surface area (Å²) in [6.45, 7) is 16.2. The van der Waals surface area contributed by atoms with E-state index in [-0.39, 0.29) is 11.6 Å². The van der Waals surface area contributed by atoms with Crippen molar-refractivity contribution in [1.82, 2.24) is 14.8 Å². The number of aryl methyl sites for hydroxylation is 1. The van der Waals surface area contributed by atoms with Gasteiger partial charge >= 0.3 is 12.2 Å². The topological polar surface area (TPSA) is 112 Å². The molecule has 1 fully saturated rings. The average Bonchev–Trinajstić information content (AvgIpc) is 3.43. The molecular weight excluding hydrogens is 617 g/mol. The predicted molar refractivity (Wildman–Crippen MR) is 175 cm³/mol. The first kappa shape index (κ1) is 34.5. The van der Waals surface area contributed by atoms with Gasteiger partial charge in [-0.1, -0.05) is 36.2 Å². The number of carbonyl (C=O) groups excluding carboxylic acids is 2. The number of carbonyl (C=O) groups is 2. The molecule has 4 rings (SSSR count). The quantitative estimate of drug-likeness (QED) is 0.279. The van der Waals surface area contributed by atoms with Crippen molar-refractivity contribution < 1.29 is 29.1 Å². The first-order chi connectivity index (χ1) is 21.1. The number of imide groups is 1. The summed E-state index contributed by atoms with van der Waals surface area (Å²) in [4.78, 5) is 32.5. The Labute approximate surface area is 275 Å². The molecule has 3 aromatic rings. The van der Waals surface area contributed by atoms with E-state index in [1.54, 1.807) is 73.0 Å². The van der Waals surface area contributed by atoms with Crippen LogP contribution in [0.5, 0.6) is 5.75 Å². The second-order valence-corrected chi connectivity index (χ2v) is 14.0. The van der Waals surface area contributed by atoms with Gasteiger partial charge in [-0.15, -0.1) is 0 Å². The third-order valence-corrected chi connectivity index (χ3v) is 7.99. The largest absolute Gasteiger partial charge is 0.482 e. The van der Waals surface area contributed by atoms with E-state index >= 15 is 0 Å². The summed E-state index contributed by atoms with van der Waals surface area (Å²) in [7, 11) is 0. The van der Waals surface area contributed by atoms with E-state index in [9.17, 15) is 9.59 Å². The lowest BCUT2D eigenvalue weighted by Crippen LogP contribution is -2.86. The summed E-state index contributed by atoms with van der Waals surface area (Å²) in [6, 6.07) is 5.70. The fourth-order valence-electron chi connectivity index (χ4n) is 5.08. The smallest absolute Gasteiger partial charge is 0.425 e. The number of aromatic nitrogens is 3. The van der Waals surface area contributed by atoms with E-state index in [4.69, 9.17) is 37.4 Å². The highest BCUT2D eigenvalue weighted by atomic mass is 35.5. The third-order valence-electron chi connectivity index (χ3n) is 7.21. The molecule has 3 heterocycles. The standard InChI is InChI=1S/C33H43Cl2N5O5/c1-9-21-10-11-25(34)27(28(21)35)20(2)43-26-16-22(23-18-38-39(19-23)24-12-14-36-15-13-24)17-37-29(26)40(30(41)44-32(3,4)5)31(42)45-33(6,7)8/h10-11,16-20,24,36H,9,12-15H2,1-8H3/p+1. The van der Waals surface area contributed by atoms with Crippen LogP contribution in [-0.2, 0) is 15.9 Å². The van der Waals surface area contributed by atoms with Crippen LogP contribution in [0.15, 0.2) is 36.8 Å². The Kier molecular flexibility index (Phi) is 10.7. The van der Waals surface area contributed by atoms with Crippen LogP contribution in [0.2, 0.25) is 10.0 Å². The van der Waals surface area contributed by atoms with Crippen LogP contribution in [0.4, 0.5) is 15.4 Å².